The van der Waals surface area contributed by atoms with Gasteiger partial charge in [0.15, 0.2) is 5.96 Å². The van der Waals surface area contributed by atoms with Gasteiger partial charge in [0, 0.05) is 37.2 Å². The number of rotatable bonds is 7. The number of piperidine rings is 1. The maximum Gasteiger partial charge on any atom is 0.401 e. The number of likely N-dealkylation sites (tertiary alicyclic amines) is 1. The van der Waals surface area contributed by atoms with Crippen molar-refractivity contribution < 1.29 is 13.2 Å². The number of hydrogen-bond donors (Lipinski definition) is 3. The average Bonchev–Trinajstić information content (AvgIpc) is 3.11. The second-order valence-electron chi connectivity index (χ2n) is 8.11. The molecule has 2 heterocycles. The number of fused-ring (bicyclic) bond motifs is 1. The normalized spacial score (nSPS) is 16.4. The van der Waals surface area contributed by atoms with Crippen LogP contribution >= 0.6 is 24.0 Å². The Bertz CT molecular complexity index is 841. The Morgan fingerprint density at radius 1 is 1.19 bits per heavy atom. The third-order valence-electron chi connectivity index (χ3n) is 5.87. The van der Waals surface area contributed by atoms with Gasteiger partial charge in [0.05, 0.1) is 6.54 Å². The number of halogens is 4. The number of aliphatic imine (C=N–C) groups is 1. The minimum Gasteiger partial charge on any atom is -0.361 e. The predicted molar refractivity (Wildman–Crippen MR) is 131 cm³/mol. The van der Waals surface area contributed by atoms with Gasteiger partial charge in [-0.05, 0) is 62.7 Å². The molecule has 0 aliphatic carbocycles. The first-order valence-electron chi connectivity index (χ1n) is 10.6. The van der Waals surface area contributed by atoms with Gasteiger partial charge in [-0.1, -0.05) is 18.2 Å². The zero-order chi connectivity index (χ0) is 21.6. The molecule has 1 fully saturated rings. The SMILES string of the molecule is CN=C(NCCc1c[nH]c2c(C)cccc12)NCCC1CCN(CC(F)(F)F)CC1.I. The number of aromatic nitrogens is 1. The Morgan fingerprint density at radius 2 is 1.90 bits per heavy atom. The van der Waals surface area contributed by atoms with Gasteiger partial charge < -0.3 is 15.6 Å². The summed E-state index contributed by atoms with van der Waals surface area (Å²) in [4.78, 5) is 9.14. The van der Waals surface area contributed by atoms with E-state index in [9.17, 15) is 13.2 Å². The van der Waals surface area contributed by atoms with Crippen LogP contribution in [0.2, 0.25) is 0 Å². The van der Waals surface area contributed by atoms with Crippen molar-refractivity contribution in [1.29, 1.82) is 0 Å². The molecule has 3 rings (SSSR count). The quantitative estimate of drug-likeness (QED) is 0.271. The molecule has 1 aliphatic heterocycles. The van der Waals surface area contributed by atoms with Gasteiger partial charge >= 0.3 is 6.18 Å². The third-order valence-corrected chi connectivity index (χ3v) is 5.87. The van der Waals surface area contributed by atoms with Crippen molar-refractivity contribution in [3.05, 3.63) is 35.5 Å². The van der Waals surface area contributed by atoms with Gasteiger partial charge in [-0.3, -0.25) is 9.89 Å². The number of alkyl halides is 3. The first kappa shape index (κ1) is 25.8. The van der Waals surface area contributed by atoms with Crippen molar-refractivity contribution in [2.24, 2.45) is 10.9 Å². The number of H-pyrrole nitrogens is 1. The molecular formula is C22H33F3IN5. The van der Waals surface area contributed by atoms with E-state index in [-0.39, 0.29) is 24.0 Å². The summed E-state index contributed by atoms with van der Waals surface area (Å²) in [5.74, 6) is 1.23. The Kier molecular flexibility index (Phi) is 9.92. The summed E-state index contributed by atoms with van der Waals surface area (Å²) < 4.78 is 37.4. The summed E-state index contributed by atoms with van der Waals surface area (Å²) in [5, 5.41) is 7.94. The van der Waals surface area contributed by atoms with E-state index >= 15 is 0 Å². The third kappa shape index (κ3) is 7.85. The lowest BCUT2D eigenvalue weighted by Crippen LogP contribution is -2.42. The van der Waals surface area contributed by atoms with Gasteiger partial charge in [0.1, 0.15) is 0 Å². The van der Waals surface area contributed by atoms with Crippen LogP contribution in [0.4, 0.5) is 13.2 Å². The Hall–Kier alpha value is -1.49. The lowest BCUT2D eigenvalue weighted by molar-refractivity contribution is -0.148. The van der Waals surface area contributed by atoms with Gasteiger partial charge in [0.2, 0.25) is 0 Å². The largest absolute Gasteiger partial charge is 0.401 e. The van der Waals surface area contributed by atoms with Crippen LogP contribution in [-0.4, -0.2) is 61.8 Å². The fraction of sp³-hybridized carbons (Fsp3) is 0.591. The van der Waals surface area contributed by atoms with E-state index in [4.69, 9.17) is 0 Å². The minimum atomic E-state index is -4.10. The second kappa shape index (κ2) is 11.9. The standard InChI is InChI=1S/C22H32F3N5.HI/c1-16-4-3-5-19-18(14-29-20(16)19)7-11-28-21(26-2)27-10-6-17-8-12-30(13-9-17)15-22(23,24)25;/h3-5,14,17,29H,6-13,15H2,1-2H3,(H2,26,27,28);1H. The number of guanidine groups is 1. The van der Waals surface area contributed by atoms with Crippen LogP contribution in [0.25, 0.3) is 10.9 Å². The van der Waals surface area contributed by atoms with Crippen LogP contribution in [0.1, 0.15) is 30.4 Å². The van der Waals surface area contributed by atoms with E-state index in [1.807, 2.05) is 0 Å². The van der Waals surface area contributed by atoms with Crippen molar-refractivity contribution in [3.8, 4) is 0 Å². The van der Waals surface area contributed by atoms with Crippen LogP contribution in [0.15, 0.2) is 29.4 Å². The molecule has 5 nitrogen and oxygen atoms in total. The fourth-order valence-electron chi connectivity index (χ4n) is 4.19. The molecule has 0 spiro atoms. The van der Waals surface area contributed by atoms with Crippen LogP contribution in [0.3, 0.4) is 0 Å². The molecule has 2 aromatic rings. The monoisotopic (exact) mass is 551 g/mol. The molecule has 1 saturated heterocycles. The summed E-state index contributed by atoms with van der Waals surface area (Å²) in [6.45, 7) is 3.92. The summed E-state index contributed by atoms with van der Waals surface area (Å²) in [7, 11) is 1.75. The number of benzene rings is 1. The van der Waals surface area contributed by atoms with Gasteiger partial charge in [0.25, 0.3) is 0 Å². The van der Waals surface area contributed by atoms with Gasteiger partial charge in [-0.25, -0.2) is 0 Å². The molecule has 1 aromatic carbocycles. The predicted octanol–water partition coefficient (Wildman–Crippen LogP) is 4.47. The number of nitrogens with zero attached hydrogens (tertiary/aromatic N) is 2. The number of para-hydroxylation sites is 1. The lowest BCUT2D eigenvalue weighted by atomic mass is 9.93. The molecule has 0 unspecified atom stereocenters. The van der Waals surface area contributed by atoms with E-state index < -0.39 is 12.7 Å². The van der Waals surface area contributed by atoms with E-state index in [0.717, 1.165) is 44.7 Å². The van der Waals surface area contributed by atoms with Crippen molar-refractivity contribution in [1.82, 2.24) is 20.5 Å². The molecule has 0 atom stereocenters. The van der Waals surface area contributed by atoms with E-state index in [1.54, 1.807) is 7.05 Å². The summed E-state index contributed by atoms with van der Waals surface area (Å²) >= 11 is 0. The van der Waals surface area contributed by atoms with Crippen LogP contribution < -0.4 is 10.6 Å². The maximum atomic E-state index is 12.5. The Morgan fingerprint density at radius 3 is 2.58 bits per heavy atom. The minimum absolute atomic E-state index is 0. The van der Waals surface area contributed by atoms with Crippen LogP contribution in [0, 0.1) is 12.8 Å². The molecular weight excluding hydrogens is 518 g/mol. The fourth-order valence-corrected chi connectivity index (χ4v) is 4.19. The zero-order valence-corrected chi connectivity index (χ0v) is 20.5. The van der Waals surface area contributed by atoms with Crippen molar-refractivity contribution in [2.45, 2.75) is 38.8 Å². The molecule has 9 heteroatoms. The number of aryl methyl sites for hydroxylation is 1. The highest BCUT2D eigenvalue weighted by Gasteiger charge is 2.32. The number of hydrogen-bond acceptors (Lipinski definition) is 2. The van der Waals surface area contributed by atoms with Crippen molar-refractivity contribution in [3.63, 3.8) is 0 Å². The molecule has 0 radical (unpaired) electrons. The topological polar surface area (TPSA) is 55.5 Å². The van der Waals surface area contributed by atoms with Gasteiger partial charge in [-0.2, -0.15) is 13.2 Å². The highest BCUT2D eigenvalue weighted by Crippen LogP contribution is 2.24. The molecule has 0 saturated carbocycles. The maximum absolute atomic E-state index is 12.5. The highest BCUT2D eigenvalue weighted by molar-refractivity contribution is 14.0. The molecule has 0 bridgehead atoms. The molecule has 1 aliphatic rings. The van der Waals surface area contributed by atoms with E-state index in [0.29, 0.717) is 19.0 Å². The number of aromatic amines is 1. The van der Waals surface area contributed by atoms with Crippen molar-refractivity contribution in [2.75, 3.05) is 39.8 Å². The Balaban J connectivity index is 0.00000341. The smallest absolute Gasteiger partial charge is 0.361 e. The summed E-state index contributed by atoms with van der Waals surface area (Å²) in [6, 6.07) is 6.32. The highest BCUT2D eigenvalue weighted by atomic mass is 127. The molecule has 1 aromatic heterocycles. The van der Waals surface area contributed by atoms with Crippen LogP contribution in [-0.2, 0) is 6.42 Å². The molecule has 0 amide bonds. The first-order valence-corrected chi connectivity index (χ1v) is 10.6. The lowest BCUT2D eigenvalue weighted by Gasteiger charge is -2.32. The van der Waals surface area contributed by atoms with Crippen LogP contribution in [0.5, 0.6) is 0 Å². The number of nitrogens with one attached hydrogen (secondary N) is 3. The van der Waals surface area contributed by atoms with Gasteiger partial charge in [-0.15, -0.1) is 24.0 Å². The van der Waals surface area contributed by atoms with E-state index in [1.165, 1.54) is 26.9 Å². The summed E-state index contributed by atoms with van der Waals surface area (Å²) in [6.07, 6.45) is 1.45. The molecule has 31 heavy (non-hydrogen) atoms. The van der Waals surface area contributed by atoms with E-state index in [2.05, 4.69) is 51.9 Å². The molecule has 3 N–H and O–H groups in total. The second-order valence-corrected chi connectivity index (χ2v) is 8.11. The zero-order valence-electron chi connectivity index (χ0n) is 18.2. The average molecular weight is 551 g/mol. The first-order chi connectivity index (χ1) is 14.4. The Labute approximate surface area is 199 Å². The summed E-state index contributed by atoms with van der Waals surface area (Å²) in [5.41, 5.74) is 3.71. The molecule has 174 valence electrons. The van der Waals surface area contributed by atoms with Crippen molar-refractivity contribution >= 4 is 40.8 Å².